The monoisotopic (exact) mass is 215 g/mol. The normalized spacial score (nSPS) is 10.4. The van der Waals surface area contributed by atoms with Crippen LogP contribution in [0.4, 0.5) is 0 Å². The number of thioether (sulfide) groups is 1. The zero-order valence-corrected chi connectivity index (χ0v) is 8.83. The van der Waals surface area contributed by atoms with E-state index in [1.807, 2.05) is 4.57 Å². The second-order valence-corrected chi connectivity index (χ2v) is 3.81. The van der Waals surface area contributed by atoms with Gasteiger partial charge >= 0.3 is 5.97 Å². The largest absolute Gasteiger partial charge is 0.481 e. The number of carboxylic acids is 1. The number of hydrogen-bond acceptors (Lipinski definition) is 4. The van der Waals surface area contributed by atoms with Crippen LogP contribution in [0, 0.1) is 0 Å². The van der Waals surface area contributed by atoms with Gasteiger partial charge in [-0.05, 0) is 6.42 Å². The molecule has 0 aliphatic carbocycles. The number of hydrogen-bond donors (Lipinski definition) is 1. The van der Waals surface area contributed by atoms with E-state index in [0.29, 0.717) is 5.75 Å². The zero-order valence-electron chi connectivity index (χ0n) is 8.01. The van der Waals surface area contributed by atoms with E-state index in [9.17, 15) is 4.79 Å². The van der Waals surface area contributed by atoms with Crippen LogP contribution in [0.2, 0.25) is 0 Å². The quantitative estimate of drug-likeness (QED) is 0.767. The van der Waals surface area contributed by atoms with Crippen LogP contribution >= 0.6 is 11.8 Å². The summed E-state index contributed by atoms with van der Waals surface area (Å²) >= 11 is 1.34. The second-order valence-electron chi connectivity index (χ2n) is 2.83. The van der Waals surface area contributed by atoms with Crippen LogP contribution in [0.3, 0.4) is 0 Å². The molecule has 0 amide bonds. The van der Waals surface area contributed by atoms with Gasteiger partial charge in [0.05, 0.1) is 11.5 Å². The Morgan fingerprint density at radius 3 is 3.14 bits per heavy atom. The molecule has 0 atom stereocenters. The van der Waals surface area contributed by atoms with E-state index in [2.05, 4.69) is 17.1 Å². The first-order chi connectivity index (χ1) is 6.74. The summed E-state index contributed by atoms with van der Waals surface area (Å²) in [5, 5.41) is 16.2. The van der Waals surface area contributed by atoms with Gasteiger partial charge in [0.1, 0.15) is 12.2 Å². The number of aliphatic carboxylic acids is 1. The summed E-state index contributed by atoms with van der Waals surface area (Å²) < 4.78 is 1.95. The molecule has 0 spiro atoms. The van der Waals surface area contributed by atoms with Crippen molar-refractivity contribution >= 4 is 17.7 Å². The molecule has 0 saturated heterocycles. The van der Waals surface area contributed by atoms with Gasteiger partial charge in [0.25, 0.3) is 0 Å². The van der Waals surface area contributed by atoms with Crippen molar-refractivity contribution in [2.75, 3.05) is 5.75 Å². The third-order valence-electron chi connectivity index (χ3n) is 1.62. The highest BCUT2D eigenvalue weighted by Gasteiger charge is 2.04. The average molecular weight is 215 g/mol. The standard InChI is InChI=1S/C8H13N3O2S/c1-2-3-11-6-9-10-7(11)4-14-5-8(12)13/h6H,2-5H2,1H3,(H,12,13). The molecule has 0 bridgehead atoms. The van der Waals surface area contributed by atoms with Crippen LogP contribution in [0.15, 0.2) is 6.33 Å². The fourth-order valence-electron chi connectivity index (χ4n) is 1.05. The molecule has 5 nitrogen and oxygen atoms in total. The Morgan fingerprint density at radius 1 is 1.71 bits per heavy atom. The Hall–Kier alpha value is -1.04. The Bertz CT molecular complexity index is 301. The highest BCUT2D eigenvalue weighted by atomic mass is 32.2. The van der Waals surface area contributed by atoms with Gasteiger partial charge in [-0.3, -0.25) is 4.79 Å². The molecule has 1 rings (SSSR count). The van der Waals surface area contributed by atoms with Gasteiger partial charge in [-0.2, -0.15) is 0 Å². The van der Waals surface area contributed by atoms with Crippen molar-refractivity contribution < 1.29 is 9.90 Å². The van der Waals surface area contributed by atoms with Crippen LogP contribution < -0.4 is 0 Å². The Kier molecular flexibility index (Phi) is 4.45. The minimum atomic E-state index is -0.795. The van der Waals surface area contributed by atoms with Gasteiger partial charge in [0, 0.05) is 6.54 Å². The van der Waals surface area contributed by atoms with Crippen LogP contribution in [-0.4, -0.2) is 31.6 Å². The number of nitrogens with zero attached hydrogens (tertiary/aromatic N) is 3. The number of carboxylic acid groups (broad SMARTS) is 1. The van der Waals surface area contributed by atoms with Gasteiger partial charge in [0.15, 0.2) is 0 Å². The topological polar surface area (TPSA) is 68.0 Å². The zero-order chi connectivity index (χ0) is 10.4. The smallest absolute Gasteiger partial charge is 0.313 e. The third-order valence-corrected chi connectivity index (χ3v) is 2.53. The van der Waals surface area contributed by atoms with Crippen LogP contribution in [0.1, 0.15) is 19.2 Å². The molecule has 0 fully saturated rings. The lowest BCUT2D eigenvalue weighted by Crippen LogP contribution is -2.03. The summed E-state index contributed by atoms with van der Waals surface area (Å²) in [6.07, 6.45) is 2.70. The first-order valence-corrected chi connectivity index (χ1v) is 5.55. The van der Waals surface area contributed by atoms with Crippen molar-refractivity contribution in [3.63, 3.8) is 0 Å². The maximum atomic E-state index is 10.3. The average Bonchev–Trinajstić information content (AvgIpc) is 2.53. The summed E-state index contributed by atoms with van der Waals surface area (Å²) in [6.45, 7) is 2.96. The SMILES string of the molecule is CCCn1cnnc1CSCC(=O)O. The van der Waals surface area contributed by atoms with Crippen molar-refractivity contribution in [3.8, 4) is 0 Å². The molecule has 14 heavy (non-hydrogen) atoms. The van der Waals surface area contributed by atoms with Crippen molar-refractivity contribution in [1.82, 2.24) is 14.8 Å². The summed E-state index contributed by atoms with van der Waals surface area (Å²) in [7, 11) is 0. The molecular weight excluding hydrogens is 202 g/mol. The van der Waals surface area contributed by atoms with E-state index in [1.54, 1.807) is 6.33 Å². The molecule has 6 heteroatoms. The molecule has 1 aromatic rings. The number of carbonyl (C=O) groups is 1. The van der Waals surface area contributed by atoms with Crippen molar-refractivity contribution in [1.29, 1.82) is 0 Å². The number of aryl methyl sites for hydroxylation is 1. The molecule has 1 N–H and O–H groups in total. The van der Waals surface area contributed by atoms with E-state index < -0.39 is 5.97 Å². The molecule has 0 aromatic carbocycles. The van der Waals surface area contributed by atoms with E-state index in [4.69, 9.17) is 5.11 Å². The van der Waals surface area contributed by atoms with Crippen molar-refractivity contribution in [2.24, 2.45) is 0 Å². The molecular formula is C8H13N3O2S. The highest BCUT2D eigenvalue weighted by Crippen LogP contribution is 2.09. The molecule has 0 aliphatic rings. The fraction of sp³-hybridized carbons (Fsp3) is 0.625. The van der Waals surface area contributed by atoms with Crippen LogP contribution in [-0.2, 0) is 17.1 Å². The first-order valence-electron chi connectivity index (χ1n) is 4.40. The summed E-state index contributed by atoms with van der Waals surface area (Å²) in [5.74, 6) is 0.764. The van der Waals surface area contributed by atoms with Crippen molar-refractivity contribution in [3.05, 3.63) is 12.2 Å². The second kappa shape index (κ2) is 5.64. The van der Waals surface area contributed by atoms with Crippen LogP contribution in [0.5, 0.6) is 0 Å². The Balaban J connectivity index is 2.41. The minimum absolute atomic E-state index is 0.110. The fourth-order valence-corrected chi connectivity index (χ4v) is 1.73. The van der Waals surface area contributed by atoms with E-state index in [1.165, 1.54) is 11.8 Å². The van der Waals surface area contributed by atoms with Crippen LogP contribution in [0.25, 0.3) is 0 Å². The molecule has 0 saturated carbocycles. The molecule has 0 unspecified atom stereocenters. The number of rotatable bonds is 6. The van der Waals surface area contributed by atoms with Gasteiger partial charge in [-0.25, -0.2) is 0 Å². The predicted octanol–water partition coefficient (Wildman–Crippen LogP) is 1.01. The Labute approximate surface area is 86.5 Å². The maximum Gasteiger partial charge on any atom is 0.313 e. The molecule has 0 radical (unpaired) electrons. The predicted molar refractivity (Wildman–Crippen MR) is 54.1 cm³/mol. The van der Waals surface area contributed by atoms with Gasteiger partial charge < -0.3 is 9.67 Å². The lowest BCUT2D eigenvalue weighted by Gasteiger charge is -2.02. The van der Waals surface area contributed by atoms with E-state index in [0.717, 1.165) is 18.8 Å². The summed E-state index contributed by atoms with van der Waals surface area (Å²) in [5.41, 5.74) is 0. The summed E-state index contributed by atoms with van der Waals surface area (Å²) in [4.78, 5) is 10.3. The van der Waals surface area contributed by atoms with Gasteiger partial charge in [-0.15, -0.1) is 22.0 Å². The summed E-state index contributed by atoms with van der Waals surface area (Å²) in [6, 6.07) is 0. The lowest BCUT2D eigenvalue weighted by molar-refractivity contribution is -0.133. The highest BCUT2D eigenvalue weighted by molar-refractivity contribution is 7.99. The molecule has 1 heterocycles. The molecule has 0 aliphatic heterocycles. The Morgan fingerprint density at radius 2 is 2.50 bits per heavy atom. The first kappa shape index (κ1) is 11.0. The molecule has 78 valence electrons. The number of aromatic nitrogens is 3. The van der Waals surface area contributed by atoms with E-state index >= 15 is 0 Å². The van der Waals surface area contributed by atoms with E-state index in [-0.39, 0.29) is 5.75 Å². The van der Waals surface area contributed by atoms with Crippen molar-refractivity contribution in [2.45, 2.75) is 25.6 Å². The molecule has 1 aromatic heterocycles. The lowest BCUT2D eigenvalue weighted by atomic mass is 10.5. The van der Waals surface area contributed by atoms with Gasteiger partial charge in [-0.1, -0.05) is 6.92 Å². The minimum Gasteiger partial charge on any atom is -0.481 e. The third kappa shape index (κ3) is 3.37. The maximum absolute atomic E-state index is 10.3. The van der Waals surface area contributed by atoms with Gasteiger partial charge in [0.2, 0.25) is 0 Å².